The Morgan fingerprint density at radius 1 is 0.944 bits per heavy atom. The molecule has 5 heteroatoms. The molecule has 0 bridgehead atoms. The van der Waals surface area contributed by atoms with Crippen molar-refractivity contribution in [3.63, 3.8) is 0 Å². The van der Waals surface area contributed by atoms with Crippen molar-refractivity contribution in [2.45, 2.75) is 69.9 Å². The molecule has 0 atom stereocenters. The van der Waals surface area contributed by atoms with E-state index >= 15 is 0 Å². The summed E-state index contributed by atoms with van der Waals surface area (Å²) < 4.78 is 27.1. The fraction of sp³-hybridized carbons (Fsp3) is 1.00. The molecule has 106 valence electrons. The third-order valence-electron chi connectivity index (χ3n) is 4.30. The number of nitrogens with one attached hydrogen (secondary N) is 1. The van der Waals surface area contributed by atoms with E-state index in [0.29, 0.717) is 11.7 Å². The van der Waals surface area contributed by atoms with E-state index in [0.717, 1.165) is 38.5 Å². The molecule has 2 aliphatic carbocycles. The molecule has 0 radical (unpaired) electrons. The lowest BCUT2D eigenvalue weighted by atomic mass is 9.91. The van der Waals surface area contributed by atoms with Gasteiger partial charge in [0, 0.05) is 12.1 Å². The molecule has 0 aromatic carbocycles. The predicted molar refractivity (Wildman–Crippen MR) is 73.7 cm³/mol. The van der Waals surface area contributed by atoms with Crippen LogP contribution in [0.2, 0.25) is 0 Å². The number of sulfonamides is 1. The Balaban J connectivity index is 1.79. The molecule has 0 saturated heterocycles. The molecule has 0 aromatic heterocycles. The zero-order chi connectivity index (χ0) is 13.0. The highest BCUT2D eigenvalue weighted by Crippen LogP contribution is 2.25. The largest absolute Gasteiger partial charge is 0.328 e. The maximum absolute atomic E-state index is 12.1. The summed E-state index contributed by atoms with van der Waals surface area (Å²) in [5, 5.41) is 0. The second kappa shape index (κ2) is 6.35. The number of rotatable bonds is 4. The zero-order valence-corrected chi connectivity index (χ0v) is 11.9. The van der Waals surface area contributed by atoms with Gasteiger partial charge in [-0.3, -0.25) is 0 Å². The molecule has 2 aliphatic rings. The van der Waals surface area contributed by atoms with Gasteiger partial charge in [0.25, 0.3) is 0 Å². The van der Waals surface area contributed by atoms with Gasteiger partial charge in [-0.25, -0.2) is 13.1 Å². The van der Waals surface area contributed by atoms with Crippen molar-refractivity contribution < 1.29 is 8.42 Å². The minimum absolute atomic E-state index is 0.124. The van der Waals surface area contributed by atoms with Gasteiger partial charge in [0.15, 0.2) is 0 Å². The Kier molecular flexibility index (Phi) is 5.04. The standard InChI is InChI=1S/C13H26N2O2S/c14-12-6-8-13(9-7-12)15-18(16,17)10-11-4-2-1-3-5-11/h11-13,15H,1-10,14H2. The quantitative estimate of drug-likeness (QED) is 0.820. The Morgan fingerprint density at radius 2 is 1.56 bits per heavy atom. The normalized spacial score (nSPS) is 31.4. The third kappa shape index (κ3) is 4.52. The summed E-state index contributed by atoms with van der Waals surface area (Å²) >= 11 is 0. The fourth-order valence-electron chi connectivity index (χ4n) is 3.20. The number of hydrogen-bond acceptors (Lipinski definition) is 3. The first kappa shape index (κ1) is 14.3. The van der Waals surface area contributed by atoms with Crippen molar-refractivity contribution in [2.75, 3.05) is 5.75 Å². The van der Waals surface area contributed by atoms with E-state index in [1.165, 1.54) is 19.3 Å². The minimum Gasteiger partial charge on any atom is -0.328 e. The summed E-state index contributed by atoms with van der Waals surface area (Å²) in [5.41, 5.74) is 5.83. The lowest BCUT2D eigenvalue weighted by molar-refractivity contribution is 0.364. The van der Waals surface area contributed by atoms with E-state index in [-0.39, 0.29) is 12.1 Å². The zero-order valence-electron chi connectivity index (χ0n) is 11.1. The Labute approximate surface area is 111 Å². The highest BCUT2D eigenvalue weighted by Gasteiger charge is 2.26. The van der Waals surface area contributed by atoms with E-state index in [9.17, 15) is 8.42 Å². The molecule has 0 aliphatic heterocycles. The van der Waals surface area contributed by atoms with Gasteiger partial charge in [0.2, 0.25) is 10.0 Å². The molecule has 2 saturated carbocycles. The molecule has 4 nitrogen and oxygen atoms in total. The van der Waals surface area contributed by atoms with Crippen LogP contribution in [-0.4, -0.2) is 26.3 Å². The first-order valence-corrected chi connectivity index (χ1v) is 8.96. The van der Waals surface area contributed by atoms with E-state index in [1.54, 1.807) is 0 Å². The molecule has 0 aromatic rings. The lowest BCUT2D eigenvalue weighted by Gasteiger charge is -2.28. The average Bonchev–Trinajstić information content (AvgIpc) is 2.32. The lowest BCUT2D eigenvalue weighted by Crippen LogP contribution is -2.42. The SMILES string of the molecule is NC1CCC(NS(=O)(=O)CC2CCCCC2)CC1. The number of hydrogen-bond donors (Lipinski definition) is 2. The highest BCUT2D eigenvalue weighted by molar-refractivity contribution is 7.89. The van der Waals surface area contributed by atoms with Crippen LogP contribution in [0.1, 0.15) is 57.8 Å². The van der Waals surface area contributed by atoms with Gasteiger partial charge >= 0.3 is 0 Å². The van der Waals surface area contributed by atoms with Crippen LogP contribution in [0.4, 0.5) is 0 Å². The van der Waals surface area contributed by atoms with Crippen LogP contribution in [0.5, 0.6) is 0 Å². The minimum atomic E-state index is -3.09. The second-order valence-electron chi connectivity index (χ2n) is 6.02. The molecule has 3 N–H and O–H groups in total. The van der Waals surface area contributed by atoms with Crippen LogP contribution < -0.4 is 10.5 Å². The van der Waals surface area contributed by atoms with Crippen LogP contribution in [0.15, 0.2) is 0 Å². The summed E-state index contributed by atoms with van der Waals surface area (Å²) in [4.78, 5) is 0. The topological polar surface area (TPSA) is 72.2 Å². The Hall–Kier alpha value is -0.130. The summed E-state index contributed by atoms with van der Waals surface area (Å²) in [5.74, 6) is 0.706. The fourth-order valence-corrected chi connectivity index (χ4v) is 5.00. The van der Waals surface area contributed by atoms with Crippen molar-refractivity contribution >= 4 is 10.0 Å². The first-order chi connectivity index (χ1) is 8.55. The van der Waals surface area contributed by atoms with E-state index in [1.807, 2.05) is 0 Å². The molecular formula is C13H26N2O2S. The van der Waals surface area contributed by atoms with Crippen LogP contribution in [0.3, 0.4) is 0 Å². The molecule has 2 rings (SSSR count). The van der Waals surface area contributed by atoms with Gasteiger partial charge in [-0.05, 0) is 44.4 Å². The van der Waals surface area contributed by atoms with Crippen LogP contribution in [0.25, 0.3) is 0 Å². The van der Waals surface area contributed by atoms with Crippen molar-refractivity contribution in [3.8, 4) is 0 Å². The molecule has 18 heavy (non-hydrogen) atoms. The Bertz CT molecular complexity index is 342. The molecule has 0 spiro atoms. The average molecular weight is 274 g/mol. The van der Waals surface area contributed by atoms with Gasteiger partial charge in [0.1, 0.15) is 0 Å². The van der Waals surface area contributed by atoms with Gasteiger partial charge in [-0.2, -0.15) is 0 Å². The molecule has 0 amide bonds. The van der Waals surface area contributed by atoms with Gasteiger partial charge in [-0.15, -0.1) is 0 Å². The van der Waals surface area contributed by atoms with Gasteiger partial charge in [-0.1, -0.05) is 19.3 Å². The van der Waals surface area contributed by atoms with Gasteiger partial charge in [0.05, 0.1) is 5.75 Å². The van der Waals surface area contributed by atoms with Crippen molar-refractivity contribution in [3.05, 3.63) is 0 Å². The molecule has 2 fully saturated rings. The second-order valence-corrected chi connectivity index (χ2v) is 7.81. The molecule has 0 unspecified atom stereocenters. The summed E-state index contributed by atoms with van der Waals surface area (Å²) in [6, 6.07) is 0.391. The smallest absolute Gasteiger partial charge is 0.212 e. The predicted octanol–water partition coefficient (Wildman–Crippen LogP) is 1.76. The third-order valence-corrected chi connectivity index (χ3v) is 5.90. The van der Waals surface area contributed by atoms with Crippen LogP contribution in [0, 0.1) is 5.92 Å². The van der Waals surface area contributed by atoms with Crippen LogP contribution in [-0.2, 0) is 10.0 Å². The van der Waals surface area contributed by atoms with E-state index in [2.05, 4.69) is 4.72 Å². The first-order valence-electron chi connectivity index (χ1n) is 7.31. The maximum atomic E-state index is 12.1. The van der Waals surface area contributed by atoms with Crippen molar-refractivity contribution in [1.29, 1.82) is 0 Å². The number of nitrogens with two attached hydrogens (primary N) is 1. The summed E-state index contributed by atoms with van der Waals surface area (Å²) in [6.07, 6.45) is 9.48. The monoisotopic (exact) mass is 274 g/mol. The van der Waals surface area contributed by atoms with Gasteiger partial charge < -0.3 is 5.73 Å². The molecule has 0 heterocycles. The Morgan fingerprint density at radius 3 is 2.17 bits per heavy atom. The maximum Gasteiger partial charge on any atom is 0.212 e. The van der Waals surface area contributed by atoms with E-state index in [4.69, 9.17) is 5.73 Å². The van der Waals surface area contributed by atoms with Crippen LogP contribution >= 0.6 is 0 Å². The summed E-state index contributed by atoms with van der Waals surface area (Å²) in [6.45, 7) is 0. The highest BCUT2D eigenvalue weighted by atomic mass is 32.2. The van der Waals surface area contributed by atoms with Crippen molar-refractivity contribution in [1.82, 2.24) is 4.72 Å². The molecular weight excluding hydrogens is 248 g/mol. The van der Waals surface area contributed by atoms with E-state index < -0.39 is 10.0 Å². The van der Waals surface area contributed by atoms with Crippen molar-refractivity contribution in [2.24, 2.45) is 11.7 Å². The summed E-state index contributed by atoms with van der Waals surface area (Å²) in [7, 11) is -3.09.